The van der Waals surface area contributed by atoms with Crippen molar-refractivity contribution in [1.29, 1.82) is 0 Å². The van der Waals surface area contributed by atoms with Crippen molar-refractivity contribution in [2.45, 2.75) is 11.3 Å². The van der Waals surface area contributed by atoms with Crippen LogP contribution in [0.15, 0.2) is 58.2 Å². The Balaban J connectivity index is 1.95. The van der Waals surface area contributed by atoms with Gasteiger partial charge in [-0.05, 0) is 36.4 Å². The number of carbonyl (C=O) groups excluding carboxylic acids is 1. The summed E-state index contributed by atoms with van der Waals surface area (Å²) in [5.41, 5.74) is 0.545. The fourth-order valence-electron chi connectivity index (χ4n) is 1.65. The first-order valence-electron chi connectivity index (χ1n) is 6.15. The first-order valence-corrected chi connectivity index (χ1v) is 8.60. The molecule has 110 valence electrons. The number of rotatable bonds is 5. The quantitative estimate of drug-likeness (QED) is 0.879. The number of pyridine rings is 1. The van der Waals surface area contributed by atoms with Crippen molar-refractivity contribution in [2.75, 3.05) is 11.1 Å². The Morgan fingerprint density at radius 3 is 2.52 bits per heavy atom. The lowest BCUT2D eigenvalue weighted by molar-refractivity contribution is -0.115. The van der Waals surface area contributed by atoms with E-state index in [1.807, 2.05) is 0 Å². The molecular weight excluding hydrogens is 356 g/mol. The maximum Gasteiger partial charge on any atom is 0.225 e. The molecule has 2 aromatic rings. The van der Waals surface area contributed by atoms with Crippen LogP contribution >= 0.6 is 15.9 Å². The Morgan fingerprint density at radius 1 is 1.19 bits per heavy atom. The van der Waals surface area contributed by atoms with Gasteiger partial charge in [0.25, 0.3) is 0 Å². The summed E-state index contributed by atoms with van der Waals surface area (Å²) in [5, 5.41) is 2.60. The number of sulfone groups is 1. The molecule has 0 atom stereocenters. The summed E-state index contributed by atoms with van der Waals surface area (Å²) in [4.78, 5) is 15.8. The monoisotopic (exact) mass is 368 g/mol. The second-order valence-electron chi connectivity index (χ2n) is 4.31. The Hall–Kier alpha value is -1.73. The highest BCUT2D eigenvalue weighted by molar-refractivity contribution is 9.10. The molecule has 0 aliphatic rings. The third-order valence-corrected chi connectivity index (χ3v) is 4.98. The van der Waals surface area contributed by atoms with Crippen molar-refractivity contribution in [3.05, 3.63) is 53.3 Å². The van der Waals surface area contributed by atoms with E-state index < -0.39 is 9.84 Å². The third-order valence-electron chi connectivity index (χ3n) is 2.72. The molecule has 0 spiro atoms. The van der Waals surface area contributed by atoms with E-state index in [-0.39, 0.29) is 23.0 Å². The molecule has 0 fully saturated rings. The van der Waals surface area contributed by atoms with E-state index in [4.69, 9.17) is 0 Å². The molecule has 5 nitrogen and oxygen atoms in total. The van der Waals surface area contributed by atoms with Crippen molar-refractivity contribution >= 4 is 37.4 Å². The maximum atomic E-state index is 12.1. The molecule has 1 aromatic carbocycles. The molecule has 21 heavy (non-hydrogen) atoms. The van der Waals surface area contributed by atoms with E-state index in [0.29, 0.717) is 5.69 Å². The fraction of sp³-hybridized carbons (Fsp3) is 0.143. The number of aromatic nitrogens is 1. The molecule has 0 saturated carbocycles. The normalized spacial score (nSPS) is 11.1. The molecule has 0 bridgehead atoms. The topological polar surface area (TPSA) is 76.1 Å². The smallest absolute Gasteiger partial charge is 0.225 e. The van der Waals surface area contributed by atoms with Gasteiger partial charge in [0.1, 0.15) is 0 Å². The van der Waals surface area contributed by atoms with E-state index in [0.717, 1.165) is 4.47 Å². The Labute approximate surface area is 131 Å². The van der Waals surface area contributed by atoms with Crippen molar-refractivity contribution in [2.24, 2.45) is 0 Å². The van der Waals surface area contributed by atoms with Gasteiger partial charge in [-0.2, -0.15) is 0 Å². The molecular formula is C14H13BrN2O3S. The number of amides is 1. The molecule has 0 aliphatic carbocycles. The Morgan fingerprint density at radius 2 is 1.90 bits per heavy atom. The Kier molecular flexibility index (Phi) is 5.08. The van der Waals surface area contributed by atoms with Crippen LogP contribution in [0.5, 0.6) is 0 Å². The molecule has 7 heteroatoms. The molecule has 1 heterocycles. The van der Waals surface area contributed by atoms with Crippen molar-refractivity contribution < 1.29 is 13.2 Å². The summed E-state index contributed by atoms with van der Waals surface area (Å²) >= 11 is 3.25. The number of carbonyl (C=O) groups is 1. The predicted octanol–water partition coefficient (Wildman–Crippen LogP) is 2.65. The lowest BCUT2D eigenvalue weighted by Crippen LogP contribution is -2.17. The minimum Gasteiger partial charge on any atom is -0.325 e. The highest BCUT2D eigenvalue weighted by Gasteiger charge is 2.16. The van der Waals surface area contributed by atoms with E-state index in [1.54, 1.807) is 30.5 Å². The van der Waals surface area contributed by atoms with Crippen molar-refractivity contribution in [3.8, 4) is 0 Å². The zero-order valence-corrected chi connectivity index (χ0v) is 13.4. The van der Waals surface area contributed by atoms with Crippen LogP contribution in [0.2, 0.25) is 0 Å². The van der Waals surface area contributed by atoms with Crippen molar-refractivity contribution in [1.82, 2.24) is 4.98 Å². The van der Waals surface area contributed by atoms with Gasteiger partial charge in [0.05, 0.1) is 22.5 Å². The van der Waals surface area contributed by atoms with Crippen LogP contribution in [0.4, 0.5) is 5.69 Å². The summed E-state index contributed by atoms with van der Waals surface area (Å²) in [7, 11) is -3.46. The van der Waals surface area contributed by atoms with Gasteiger partial charge in [-0.15, -0.1) is 0 Å². The van der Waals surface area contributed by atoms with Crippen LogP contribution < -0.4 is 5.32 Å². The summed E-state index contributed by atoms with van der Waals surface area (Å²) in [6.45, 7) is 0. The number of benzene rings is 1. The van der Waals surface area contributed by atoms with Gasteiger partial charge in [-0.25, -0.2) is 8.42 Å². The zero-order chi connectivity index (χ0) is 15.3. The SMILES string of the molecule is O=C(CCS(=O)(=O)c1ccc(Br)cc1)Nc1cccnc1. The summed E-state index contributed by atoms with van der Waals surface area (Å²) < 4.78 is 25.0. The van der Waals surface area contributed by atoms with E-state index in [9.17, 15) is 13.2 Å². The molecule has 0 aliphatic heterocycles. The van der Waals surface area contributed by atoms with Gasteiger partial charge >= 0.3 is 0 Å². The average Bonchev–Trinajstić information content (AvgIpc) is 2.47. The molecule has 0 unspecified atom stereocenters. The highest BCUT2D eigenvalue weighted by atomic mass is 79.9. The zero-order valence-electron chi connectivity index (χ0n) is 11.0. The molecule has 1 N–H and O–H groups in total. The summed E-state index contributed by atoms with van der Waals surface area (Å²) in [6, 6.07) is 9.71. The van der Waals surface area contributed by atoms with E-state index in [2.05, 4.69) is 26.2 Å². The van der Waals surface area contributed by atoms with Gasteiger partial charge in [0, 0.05) is 17.1 Å². The molecule has 2 rings (SSSR count). The lowest BCUT2D eigenvalue weighted by atomic mass is 10.4. The number of hydrogen-bond donors (Lipinski definition) is 1. The van der Waals surface area contributed by atoms with Gasteiger partial charge in [-0.3, -0.25) is 9.78 Å². The number of hydrogen-bond acceptors (Lipinski definition) is 4. The number of anilines is 1. The largest absolute Gasteiger partial charge is 0.325 e. The molecule has 0 radical (unpaired) electrons. The fourth-order valence-corrected chi connectivity index (χ4v) is 3.15. The molecule has 0 saturated heterocycles. The van der Waals surface area contributed by atoms with Crippen LogP contribution in [-0.2, 0) is 14.6 Å². The molecule has 1 aromatic heterocycles. The highest BCUT2D eigenvalue weighted by Crippen LogP contribution is 2.16. The number of nitrogens with zero attached hydrogens (tertiary/aromatic N) is 1. The number of nitrogens with one attached hydrogen (secondary N) is 1. The summed E-state index contributed by atoms with van der Waals surface area (Å²) in [6.07, 6.45) is 2.99. The van der Waals surface area contributed by atoms with Crippen LogP contribution in [0.25, 0.3) is 0 Å². The number of halogens is 1. The average molecular weight is 369 g/mol. The molecule has 1 amide bonds. The van der Waals surface area contributed by atoms with E-state index in [1.165, 1.54) is 18.3 Å². The van der Waals surface area contributed by atoms with Gasteiger partial charge in [-0.1, -0.05) is 15.9 Å². The van der Waals surface area contributed by atoms with Gasteiger partial charge < -0.3 is 5.32 Å². The van der Waals surface area contributed by atoms with Crippen molar-refractivity contribution in [3.63, 3.8) is 0 Å². The van der Waals surface area contributed by atoms with Crippen LogP contribution in [0, 0.1) is 0 Å². The van der Waals surface area contributed by atoms with Crippen LogP contribution in [0.3, 0.4) is 0 Å². The standard InChI is InChI=1S/C14H13BrN2O3S/c15-11-3-5-13(6-4-11)21(19,20)9-7-14(18)17-12-2-1-8-16-10-12/h1-6,8,10H,7,9H2,(H,17,18). The first-order chi connectivity index (χ1) is 9.97. The van der Waals surface area contributed by atoms with Gasteiger partial charge in [0.2, 0.25) is 5.91 Å². The summed E-state index contributed by atoms with van der Waals surface area (Å²) in [5.74, 6) is -0.593. The minimum atomic E-state index is -3.46. The van der Waals surface area contributed by atoms with Gasteiger partial charge in [0.15, 0.2) is 9.84 Å². The lowest BCUT2D eigenvalue weighted by Gasteiger charge is -2.06. The second kappa shape index (κ2) is 6.82. The Bertz CT molecular complexity index is 716. The third kappa shape index (κ3) is 4.64. The minimum absolute atomic E-state index is 0.104. The van der Waals surface area contributed by atoms with Crippen LogP contribution in [0.1, 0.15) is 6.42 Å². The maximum absolute atomic E-state index is 12.1. The predicted molar refractivity (Wildman–Crippen MR) is 83.7 cm³/mol. The van der Waals surface area contributed by atoms with Crippen LogP contribution in [-0.4, -0.2) is 25.1 Å². The first kappa shape index (κ1) is 15.7. The van der Waals surface area contributed by atoms with E-state index >= 15 is 0 Å². The second-order valence-corrected chi connectivity index (χ2v) is 7.34.